The third-order valence-corrected chi connectivity index (χ3v) is 2.51. The van der Waals surface area contributed by atoms with Crippen molar-refractivity contribution in [2.45, 2.75) is 6.42 Å². The number of aromatic carboxylic acids is 1. The second kappa shape index (κ2) is 4.03. The summed E-state index contributed by atoms with van der Waals surface area (Å²) < 4.78 is 0. The number of nitrogens with zero attached hydrogens (tertiary/aromatic N) is 1. The van der Waals surface area contributed by atoms with Gasteiger partial charge in [0, 0.05) is 12.0 Å². The van der Waals surface area contributed by atoms with E-state index in [2.05, 4.69) is 6.07 Å². The predicted octanol–water partition coefficient (Wildman–Crippen LogP) is 2.62. The zero-order chi connectivity index (χ0) is 11.5. The lowest BCUT2D eigenvalue weighted by Gasteiger charge is -2.02. The van der Waals surface area contributed by atoms with Gasteiger partial charge in [-0.1, -0.05) is 18.2 Å². The van der Waals surface area contributed by atoms with Gasteiger partial charge in [0.1, 0.15) is 0 Å². The molecular weight excluding hydrogens is 202 g/mol. The number of carboxylic acids is 1. The van der Waals surface area contributed by atoms with E-state index in [0.29, 0.717) is 6.42 Å². The van der Waals surface area contributed by atoms with Crippen LogP contribution in [0.1, 0.15) is 22.3 Å². The molecule has 1 aromatic rings. The van der Waals surface area contributed by atoms with Crippen molar-refractivity contribution >= 4 is 11.5 Å². The Labute approximate surface area is 92.9 Å². The molecule has 0 aliphatic heterocycles. The number of hydrogen-bond acceptors (Lipinski definition) is 2. The number of rotatable bonds is 2. The van der Waals surface area contributed by atoms with Gasteiger partial charge in [-0.3, -0.25) is 0 Å². The van der Waals surface area contributed by atoms with E-state index < -0.39 is 5.97 Å². The lowest BCUT2D eigenvalue weighted by molar-refractivity contribution is 0.0697. The summed E-state index contributed by atoms with van der Waals surface area (Å²) in [5, 5.41) is 17.5. The summed E-state index contributed by atoms with van der Waals surface area (Å²) in [6.07, 6.45) is 4.32. The maximum atomic E-state index is 10.7. The molecule has 2 rings (SSSR count). The molecule has 1 N–H and O–H groups in total. The van der Waals surface area contributed by atoms with E-state index in [-0.39, 0.29) is 5.56 Å². The molecule has 0 radical (unpaired) electrons. The van der Waals surface area contributed by atoms with Gasteiger partial charge in [-0.15, -0.1) is 0 Å². The van der Waals surface area contributed by atoms with Crippen molar-refractivity contribution in [3.05, 3.63) is 53.1 Å². The fourth-order valence-corrected chi connectivity index (χ4v) is 1.63. The van der Waals surface area contributed by atoms with Crippen molar-refractivity contribution in [2.24, 2.45) is 0 Å². The van der Waals surface area contributed by atoms with Gasteiger partial charge >= 0.3 is 5.97 Å². The van der Waals surface area contributed by atoms with Crippen LogP contribution in [0.4, 0.5) is 0 Å². The molecule has 0 heterocycles. The summed E-state index contributed by atoms with van der Waals surface area (Å²) >= 11 is 0. The summed E-state index contributed by atoms with van der Waals surface area (Å²) in [5.41, 5.74) is 3.02. The molecule has 0 saturated heterocycles. The third-order valence-electron chi connectivity index (χ3n) is 2.51. The Bertz CT molecular complexity index is 530. The molecule has 0 aromatic heterocycles. The zero-order valence-electron chi connectivity index (χ0n) is 8.47. The number of benzene rings is 1. The summed E-state index contributed by atoms with van der Waals surface area (Å²) in [6, 6.07) is 8.79. The fourth-order valence-electron chi connectivity index (χ4n) is 1.63. The van der Waals surface area contributed by atoms with Gasteiger partial charge < -0.3 is 5.11 Å². The maximum Gasteiger partial charge on any atom is 0.335 e. The van der Waals surface area contributed by atoms with Gasteiger partial charge in [-0.05, 0) is 29.3 Å². The predicted molar refractivity (Wildman–Crippen MR) is 59.7 cm³/mol. The zero-order valence-corrected chi connectivity index (χ0v) is 8.47. The molecule has 0 amide bonds. The summed E-state index contributed by atoms with van der Waals surface area (Å²) in [4.78, 5) is 10.7. The van der Waals surface area contributed by atoms with Gasteiger partial charge in [-0.25, -0.2) is 4.79 Å². The average molecular weight is 211 g/mol. The van der Waals surface area contributed by atoms with Crippen LogP contribution in [0.15, 0.2) is 42.0 Å². The van der Waals surface area contributed by atoms with Crippen molar-refractivity contribution < 1.29 is 9.90 Å². The molecule has 0 fully saturated rings. The van der Waals surface area contributed by atoms with Crippen LogP contribution >= 0.6 is 0 Å². The highest BCUT2D eigenvalue weighted by atomic mass is 16.4. The highest BCUT2D eigenvalue weighted by Gasteiger charge is 2.10. The molecule has 16 heavy (non-hydrogen) atoms. The average Bonchev–Trinajstić information content (AvgIpc) is 2.77. The normalized spacial score (nSPS) is 13.9. The minimum atomic E-state index is -0.928. The Balaban J connectivity index is 2.20. The van der Waals surface area contributed by atoms with E-state index in [4.69, 9.17) is 10.4 Å². The van der Waals surface area contributed by atoms with Crippen LogP contribution in [0.3, 0.4) is 0 Å². The lowest BCUT2D eigenvalue weighted by atomic mass is 10.0. The lowest BCUT2D eigenvalue weighted by Crippen LogP contribution is -1.95. The topological polar surface area (TPSA) is 61.1 Å². The molecule has 0 unspecified atom stereocenters. The van der Waals surface area contributed by atoms with Crippen molar-refractivity contribution in [1.29, 1.82) is 5.26 Å². The van der Waals surface area contributed by atoms with Crippen molar-refractivity contribution in [1.82, 2.24) is 0 Å². The minimum absolute atomic E-state index is 0.274. The SMILES string of the molecule is N#CC1=CC=C(c2ccc(C(=O)O)cc2)C1. The monoisotopic (exact) mass is 211 g/mol. The van der Waals surface area contributed by atoms with Gasteiger partial charge in [0.15, 0.2) is 0 Å². The van der Waals surface area contributed by atoms with E-state index in [9.17, 15) is 4.79 Å². The van der Waals surface area contributed by atoms with Gasteiger partial charge in [0.2, 0.25) is 0 Å². The third kappa shape index (κ3) is 1.86. The standard InChI is InChI=1S/C13H9NO2/c14-8-9-1-2-12(7-9)10-3-5-11(6-4-10)13(15)16/h1-6H,7H2,(H,15,16). The number of nitriles is 1. The van der Waals surface area contributed by atoms with Crippen LogP contribution in [0.2, 0.25) is 0 Å². The second-order valence-corrected chi connectivity index (χ2v) is 3.55. The second-order valence-electron chi connectivity index (χ2n) is 3.55. The molecule has 78 valence electrons. The van der Waals surface area contributed by atoms with E-state index in [1.165, 1.54) is 0 Å². The smallest absolute Gasteiger partial charge is 0.335 e. The first-order valence-electron chi connectivity index (χ1n) is 4.84. The number of hydrogen-bond donors (Lipinski definition) is 1. The van der Waals surface area contributed by atoms with Crippen LogP contribution < -0.4 is 0 Å². The molecule has 0 spiro atoms. The van der Waals surface area contributed by atoms with Crippen LogP contribution in [0, 0.1) is 11.3 Å². The summed E-state index contributed by atoms with van der Waals surface area (Å²) in [7, 11) is 0. The molecular formula is C13H9NO2. The molecule has 0 saturated carbocycles. The summed E-state index contributed by atoms with van der Waals surface area (Å²) in [6.45, 7) is 0. The first-order chi connectivity index (χ1) is 7.70. The molecule has 1 aromatic carbocycles. The Kier molecular flexibility index (Phi) is 2.57. The highest BCUT2D eigenvalue weighted by Crippen LogP contribution is 2.27. The van der Waals surface area contributed by atoms with E-state index in [0.717, 1.165) is 16.7 Å². The van der Waals surface area contributed by atoms with Gasteiger partial charge in [0.05, 0.1) is 11.6 Å². The van der Waals surface area contributed by atoms with Crippen molar-refractivity contribution in [3.63, 3.8) is 0 Å². The molecule has 0 atom stereocenters. The first-order valence-corrected chi connectivity index (χ1v) is 4.84. The van der Waals surface area contributed by atoms with E-state index in [1.807, 2.05) is 6.08 Å². The van der Waals surface area contributed by atoms with Gasteiger partial charge in [-0.2, -0.15) is 5.26 Å². The minimum Gasteiger partial charge on any atom is -0.478 e. The van der Waals surface area contributed by atoms with Gasteiger partial charge in [0.25, 0.3) is 0 Å². The van der Waals surface area contributed by atoms with Crippen molar-refractivity contribution in [2.75, 3.05) is 0 Å². The van der Waals surface area contributed by atoms with Crippen molar-refractivity contribution in [3.8, 4) is 6.07 Å². The van der Waals surface area contributed by atoms with Crippen LogP contribution in [-0.4, -0.2) is 11.1 Å². The Morgan fingerprint density at radius 1 is 1.25 bits per heavy atom. The number of carbonyl (C=O) groups is 1. The highest BCUT2D eigenvalue weighted by molar-refractivity contribution is 5.88. The van der Waals surface area contributed by atoms with E-state index >= 15 is 0 Å². The summed E-state index contributed by atoms with van der Waals surface area (Å²) in [5.74, 6) is -0.928. The van der Waals surface area contributed by atoms with Crippen LogP contribution in [0.25, 0.3) is 5.57 Å². The first kappa shape index (κ1) is 10.2. The Hall–Kier alpha value is -2.34. The molecule has 3 nitrogen and oxygen atoms in total. The quantitative estimate of drug-likeness (QED) is 0.817. The number of allylic oxidation sites excluding steroid dienone is 4. The van der Waals surface area contributed by atoms with Crippen LogP contribution in [0.5, 0.6) is 0 Å². The largest absolute Gasteiger partial charge is 0.478 e. The Morgan fingerprint density at radius 3 is 2.44 bits per heavy atom. The molecule has 3 heteroatoms. The molecule has 1 aliphatic carbocycles. The Morgan fingerprint density at radius 2 is 1.94 bits per heavy atom. The van der Waals surface area contributed by atoms with E-state index in [1.54, 1.807) is 30.3 Å². The van der Waals surface area contributed by atoms with Crippen LogP contribution in [-0.2, 0) is 0 Å². The maximum absolute atomic E-state index is 10.7. The molecule has 1 aliphatic rings. The number of carboxylic acid groups (broad SMARTS) is 1. The molecule has 0 bridgehead atoms. The fraction of sp³-hybridized carbons (Fsp3) is 0.0769.